The molecule has 5 nitrogen and oxygen atoms in total. The molecule has 3 aliphatic rings. The van der Waals surface area contributed by atoms with Gasteiger partial charge in [-0.05, 0) is 36.6 Å². The highest BCUT2D eigenvalue weighted by Gasteiger charge is 2.42. The second-order valence-corrected chi connectivity index (χ2v) is 8.21. The average Bonchev–Trinajstić information content (AvgIpc) is 3.33. The van der Waals surface area contributed by atoms with Crippen molar-refractivity contribution in [3.05, 3.63) is 70.8 Å². The van der Waals surface area contributed by atoms with Crippen LogP contribution in [0.25, 0.3) is 5.57 Å². The van der Waals surface area contributed by atoms with E-state index >= 15 is 0 Å². The van der Waals surface area contributed by atoms with Gasteiger partial charge in [-0.15, -0.1) is 0 Å². The highest BCUT2D eigenvalue weighted by atomic mass is 19.2. The number of urea groups is 1. The molecule has 1 saturated heterocycles. The van der Waals surface area contributed by atoms with Crippen LogP contribution in [0.15, 0.2) is 42.5 Å². The van der Waals surface area contributed by atoms with Gasteiger partial charge in [-0.25, -0.2) is 13.6 Å². The molecule has 7 heteroatoms. The third-order valence-electron chi connectivity index (χ3n) is 6.23. The van der Waals surface area contributed by atoms with Crippen LogP contribution in [0, 0.1) is 24.5 Å². The number of benzene rings is 2. The van der Waals surface area contributed by atoms with Gasteiger partial charge in [0.05, 0.1) is 18.3 Å². The predicted molar refractivity (Wildman–Crippen MR) is 109 cm³/mol. The van der Waals surface area contributed by atoms with Gasteiger partial charge in [0.2, 0.25) is 5.91 Å². The van der Waals surface area contributed by atoms with Crippen LogP contribution in [0.2, 0.25) is 0 Å². The van der Waals surface area contributed by atoms with Crippen molar-refractivity contribution in [1.29, 1.82) is 0 Å². The number of hydrogen-bond donors (Lipinski definition) is 1. The van der Waals surface area contributed by atoms with Crippen molar-refractivity contribution in [2.45, 2.75) is 25.9 Å². The topological polar surface area (TPSA) is 52.7 Å². The molecule has 2 unspecified atom stereocenters. The zero-order valence-corrected chi connectivity index (χ0v) is 16.5. The molecular formula is C23H21F2N3O2. The smallest absolute Gasteiger partial charge is 0.322 e. The highest BCUT2D eigenvalue weighted by Crippen LogP contribution is 2.42. The van der Waals surface area contributed by atoms with Gasteiger partial charge in [-0.2, -0.15) is 0 Å². The standard InChI is InChI=1S/C23H21F2N3O2/c1-13-3-2-4-14(7-13)17-9-16-8-15(17)10-28(16)21(29)12-27-11-18-20(26-23(27)30)6-5-19(24)22(18)25/h2-7,9,15-16H,8,10-12H2,1H3,(H,26,30). The fourth-order valence-corrected chi connectivity index (χ4v) is 4.74. The van der Waals surface area contributed by atoms with Gasteiger partial charge >= 0.3 is 6.03 Å². The summed E-state index contributed by atoms with van der Waals surface area (Å²) >= 11 is 0. The summed E-state index contributed by atoms with van der Waals surface area (Å²) in [7, 11) is 0. The summed E-state index contributed by atoms with van der Waals surface area (Å²) in [5.74, 6) is -1.86. The molecule has 0 spiro atoms. The van der Waals surface area contributed by atoms with Crippen LogP contribution >= 0.6 is 0 Å². The largest absolute Gasteiger partial charge is 0.334 e. The summed E-state index contributed by atoms with van der Waals surface area (Å²) in [6.45, 7) is 2.36. The number of carbonyl (C=O) groups is 2. The molecule has 0 aromatic heterocycles. The van der Waals surface area contributed by atoms with Crippen molar-refractivity contribution in [2.75, 3.05) is 18.4 Å². The second-order valence-electron chi connectivity index (χ2n) is 8.21. The van der Waals surface area contributed by atoms with Crippen molar-refractivity contribution in [3.8, 4) is 0 Å². The molecular weight excluding hydrogens is 388 g/mol. The minimum absolute atomic E-state index is 0.00679. The van der Waals surface area contributed by atoms with Gasteiger partial charge in [0, 0.05) is 18.0 Å². The van der Waals surface area contributed by atoms with E-state index in [2.05, 4.69) is 36.5 Å². The maximum absolute atomic E-state index is 14.1. The Bertz CT molecular complexity index is 1100. The van der Waals surface area contributed by atoms with E-state index in [1.807, 2.05) is 6.07 Å². The fraction of sp³-hybridized carbons (Fsp3) is 0.304. The Labute approximate surface area is 173 Å². The first-order valence-corrected chi connectivity index (χ1v) is 10.0. The van der Waals surface area contributed by atoms with E-state index < -0.39 is 17.7 Å². The maximum atomic E-state index is 14.1. The lowest BCUT2D eigenvalue weighted by atomic mass is 9.94. The van der Waals surface area contributed by atoms with E-state index in [0.29, 0.717) is 6.54 Å². The number of aryl methyl sites for hydroxylation is 1. The Balaban J connectivity index is 1.30. The zero-order valence-electron chi connectivity index (χ0n) is 16.5. The number of nitrogens with zero attached hydrogens (tertiary/aromatic N) is 2. The Hall–Kier alpha value is -3.22. The lowest BCUT2D eigenvalue weighted by Gasteiger charge is -2.32. The Morgan fingerprint density at radius 2 is 2.07 bits per heavy atom. The quantitative estimate of drug-likeness (QED) is 0.835. The van der Waals surface area contributed by atoms with Crippen molar-refractivity contribution >= 4 is 23.2 Å². The molecule has 3 amide bonds. The zero-order chi connectivity index (χ0) is 21.0. The van der Waals surface area contributed by atoms with Crippen LogP contribution in [0.1, 0.15) is 23.1 Å². The Morgan fingerprint density at radius 3 is 2.80 bits per heavy atom. The number of hydrogen-bond acceptors (Lipinski definition) is 2. The lowest BCUT2D eigenvalue weighted by molar-refractivity contribution is -0.132. The van der Waals surface area contributed by atoms with Gasteiger partial charge in [-0.1, -0.05) is 35.9 Å². The van der Waals surface area contributed by atoms with Crippen LogP contribution in [-0.4, -0.2) is 40.9 Å². The summed E-state index contributed by atoms with van der Waals surface area (Å²) < 4.78 is 27.7. The first kappa shape index (κ1) is 18.8. The van der Waals surface area contributed by atoms with E-state index in [0.717, 1.165) is 12.5 Å². The molecule has 1 N–H and O–H groups in total. The second kappa shape index (κ2) is 6.93. The van der Waals surface area contributed by atoms with Gasteiger partial charge in [-0.3, -0.25) is 4.79 Å². The monoisotopic (exact) mass is 409 g/mol. The minimum Gasteiger partial charge on any atom is -0.334 e. The van der Waals surface area contributed by atoms with Crippen molar-refractivity contribution in [3.63, 3.8) is 0 Å². The highest BCUT2D eigenvalue weighted by molar-refractivity contribution is 5.95. The number of anilines is 1. The molecule has 2 aromatic carbocycles. The number of carbonyl (C=O) groups excluding carboxylic acids is 2. The van der Waals surface area contributed by atoms with Crippen molar-refractivity contribution in [2.24, 2.45) is 5.92 Å². The van der Waals surface area contributed by atoms with E-state index in [1.165, 1.54) is 27.7 Å². The van der Waals surface area contributed by atoms with Crippen molar-refractivity contribution in [1.82, 2.24) is 9.80 Å². The van der Waals surface area contributed by atoms with Gasteiger partial charge < -0.3 is 15.1 Å². The third kappa shape index (κ3) is 3.05. The summed E-state index contributed by atoms with van der Waals surface area (Å²) in [4.78, 5) is 28.3. The SMILES string of the molecule is Cc1cccc(C2=CC3CC2CN3C(=O)CN2Cc3c(ccc(F)c3F)NC2=O)c1. The number of amides is 3. The molecule has 2 aromatic rings. The van der Waals surface area contributed by atoms with E-state index in [4.69, 9.17) is 0 Å². The molecule has 2 atom stereocenters. The molecule has 1 aliphatic carbocycles. The molecule has 2 heterocycles. The minimum atomic E-state index is -0.990. The van der Waals surface area contributed by atoms with Gasteiger partial charge in [0.1, 0.15) is 6.54 Å². The molecule has 30 heavy (non-hydrogen) atoms. The number of rotatable bonds is 3. The fourth-order valence-electron chi connectivity index (χ4n) is 4.74. The van der Waals surface area contributed by atoms with Gasteiger partial charge in [0.25, 0.3) is 0 Å². The summed E-state index contributed by atoms with van der Waals surface area (Å²) in [5, 5.41) is 2.54. The van der Waals surface area contributed by atoms with E-state index in [9.17, 15) is 18.4 Å². The molecule has 154 valence electrons. The van der Waals surface area contributed by atoms with Crippen LogP contribution in [0.3, 0.4) is 0 Å². The first-order valence-electron chi connectivity index (χ1n) is 10.0. The number of fused-ring (bicyclic) bond motifs is 3. The third-order valence-corrected chi connectivity index (χ3v) is 6.23. The number of likely N-dealkylation sites (tertiary alicyclic amines) is 1. The Morgan fingerprint density at radius 1 is 1.23 bits per heavy atom. The Kier molecular flexibility index (Phi) is 4.34. The molecule has 0 radical (unpaired) electrons. The maximum Gasteiger partial charge on any atom is 0.322 e. The van der Waals surface area contributed by atoms with Gasteiger partial charge in [0.15, 0.2) is 11.6 Å². The van der Waals surface area contributed by atoms with Crippen LogP contribution < -0.4 is 5.32 Å². The average molecular weight is 409 g/mol. The molecule has 5 rings (SSSR count). The van der Waals surface area contributed by atoms with Crippen LogP contribution in [-0.2, 0) is 11.3 Å². The molecule has 0 saturated carbocycles. The van der Waals surface area contributed by atoms with Crippen LogP contribution in [0.5, 0.6) is 0 Å². The molecule has 1 fully saturated rings. The normalized spacial score (nSPS) is 22.1. The summed E-state index contributed by atoms with van der Waals surface area (Å²) in [6.07, 6.45) is 3.02. The van der Waals surface area contributed by atoms with Crippen molar-refractivity contribution < 1.29 is 18.4 Å². The first-order chi connectivity index (χ1) is 14.4. The predicted octanol–water partition coefficient (Wildman–Crippen LogP) is 3.94. The molecule has 2 aliphatic heterocycles. The summed E-state index contributed by atoms with van der Waals surface area (Å²) in [5.41, 5.74) is 3.97. The molecule has 2 bridgehead atoms. The number of nitrogens with one attached hydrogen (secondary N) is 1. The lowest BCUT2D eigenvalue weighted by Crippen LogP contribution is -2.47. The number of halogens is 2. The van der Waals surface area contributed by atoms with E-state index in [1.54, 1.807) is 4.90 Å². The van der Waals surface area contributed by atoms with E-state index in [-0.39, 0.29) is 42.2 Å². The van der Waals surface area contributed by atoms with Crippen LogP contribution in [0.4, 0.5) is 19.3 Å². The summed E-state index contributed by atoms with van der Waals surface area (Å²) in [6, 6.07) is 10.2.